The molecule has 1 aromatic rings. The van der Waals surface area contributed by atoms with Gasteiger partial charge in [-0.1, -0.05) is 0 Å². The highest BCUT2D eigenvalue weighted by Crippen LogP contribution is 2.30. The third-order valence-corrected chi connectivity index (χ3v) is 4.63. The lowest BCUT2D eigenvalue weighted by molar-refractivity contribution is -0.115. The van der Waals surface area contributed by atoms with Crippen molar-refractivity contribution in [3.8, 4) is 0 Å². The Labute approximate surface area is 125 Å². The average Bonchev–Trinajstić information content (AvgIpc) is 2.99. The first-order valence-electron chi connectivity index (χ1n) is 7.04. The van der Waals surface area contributed by atoms with Gasteiger partial charge in [0.15, 0.2) is 5.82 Å². The number of sulfone groups is 1. The molecule has 1 fully saturated rings. The van der Waals surface area contributed by atoms with Crippen molar-refractivity contribution in [3.05, 3.63) is 5.69 Å². The van der Waals surface area contributed by atoms with Crippen molar-refractivity contribution in [2.45, 2.75) is 26.2 Å². The van der Waals surface area contributed by atoms with Gasteiger partial charge in [-0.05, 0) is 19.8 Å². The normalized spacial score (nSPS) is 15.5. The van der Waals surface area contributed by atoms with E-state index in [0.717, 1.165) is 43.7 Å². The van der Waals surface area contributed by atoms with Crippen LogP contribution in [0.3, 0.4) is 0 Å². The first-order chi connectivity index (χ1) is 9.78. The number of carbonyl (C=O) groups is 1. The van der Waals surface area contributed by atoms with Crippen molar-refractivity contribution < 1.29 is 13.2 Å². The molecule has 1 amide bonds. The van der Waals surface area contributed by atoms with Crippen molar-refractivity contribution in [2.75, 3.05) is 35.3 Å². The van der Waals surface area contributed by atoms with Crippen molar-refractivity contribution in [1.29, 1.82) is 0 Å². The number of aryl methyl sites for hydroxylation is 1. The lowest BCUT2D eigenvalue weighted by Crippen LogP contribution is -2.22. The Bertz CT molecular complexity index is 630. The van der Waals surface area contributed by atoms with E-state index in [-0.39, 0.29) is 18.1 Å². The van der Waals surface area contributed by atoms with Gasteiger partial charge in [0.2, 0.25) is 5.91 Å². The number of aromatic nitrogens is 2. The van der Waals surface area contributed by atoms with Crippen LogP contribution in [-0.2, 0) is 21.7 Å². The number of nitrogens with one attached hydrogen (secondary N) is 1. The SMILES string of the molecule is Cc1c(NC(=O)CCS(C)(=O)=O)c(N2CCCC2)nn1C. The Morgan fingerprint density at radius 3 is 2.52 bits per heavy atom. The monoisotopic (exact) mass is 314 g/mol. The summed E-state index contributed by atoms with van der Waals surface area (Å²) in [6.45, 7) is 3.75. The second kappa shape index (κ2) is 6.05. The molecule has 2 rings (SSSR count). The molecule has 1 aliphatic heterocycles. The van der Waals surface area contributed by atoms with Gasteiger partial charge in [-0.15, -0.1) is 0 Å². The fourth-order valence-electron chi connectivity index (χ4n) is 2.37. The van der Waals surface area contributed by atoms with Crippen LogP contribution in [0, 0.1) is 6.92 Å². The minimum Gasteiger partial charge on any atom is -0.353 e. The highest BCUT2D eigenvalue weighted by molar-refractivity contribution is 7.90. The fraction of sp³-hybridized carbons (Fsp3) is 0.692. The topological polar surface area (TPSA) is 84.3 Å². The number of amides is 1. The molecular formula is C13H22N4O3S. The highest BCUT2D eigenvalue weighted by atomic mass is 32.2. The van der Waals surface area contributed by atoms with Crippen molar-refractivity contribution in [1.82, 2.24) is 9.78 Å². The van der Waals surface area contributed by atoms with E-state index < -0.39 is 9.84 Å². The zero-order chi connectivity index (χ0) is 15.6. The minimum atomic E-state index is -3.13. The molecule has 0 radical (unpaired) electrons. The maximum absolute atomic E-state index is 12.0. The molecular weight excluding hydrogens is 292 g/mol. The summed E-state index contributed by atoms with van der Waals surface area (Å²) < 4.78 is 24.0. The van der Waals surface area contributed by atoms with Gasteiger partial charge in [-0.25, -0.2) is 8.42 Å². The van der Waals surface area contributed by atoms with Gasteiger partial charge in [0.1, 0.15) is 15.5 Å². The quantitative estimate of drug-likeness (QED) is 0.865. The first-order valence-corrected chi connectivity index (χ1v) is 9.10. The number of hydrogen-bond donors (Lipinski definition) is 1. The van der Waals surface area contributed by atoms with Gasteiger partial charge in [-0.2, -0.15) is 5.10 Å². The number of anilines is 2. The van der Waals surface area contributed by atoms with Crippen LogP contribution in [0.5, 0.6) is 0 Å². The van der Waals surface area contributed by atoms with Crippen LogP contribution in [0.15, 0.2) is 0 Å². The predicted molar refractivity (Wildman–Crippen MR) is 82.3 cm³/mol. The number of nitrogens with zero attached hydrogens (tertiary/aromatic N) is 3. The average molecular weight is 314 g/mol. The molecule has 0 atom stereocenters. The molecule has 0 bridgehead atoms. The second-order valence-electron chi connectivity index (χ2n) is 5.53. The molecule has 0 saturated carbocycles. The van der Waals surface area contributed by atoms with E-state index >= 15 is 0 Å². The molecule has 2 heterocycles. The first kappa shape index (κ1) is 15.8. The zero-order valence-corrected chi connectivity index (χ0v) is 13.5. The van der Waals surface area contributed by atoms with Gasteiger partial charge in [-0.3, -0.25) is 9.48 Å². The van der Waals surface area contributed by atoms with Gasteiger partial charge in [0.05, 0.1) is 11.4 Å². The Kier molecular flexibility index (Phi) is 4.55. The molecule has 0 aliphatic carbocycles. The third kappa shape index (κ3) is 3.96. The zero-order valence-electron chi connectivity index (χ0n) is 12.7. The lowest BCUT2D eigenvalue weighted by atomic mass is 10.3. The fourth-order valence-corrected chi connectivity index (χ4v) is 2.92. The Hall–Kier alpha value is -1.57. The highest BCUT2D eigenvalue weighted by Gasteiger charge is 2.23. The van der Waals surface area contributed by atoms with Crippen molar-refractivity contribution in [3.63, 3.8) is 0 Å². The summed E-state index contributed by atoms with van der Waals surface area (Å²) in [6.07, 6.45) is 3.34. The summed E-state index contributed by atoms with van der Waals surface area (Å²) in [7, 11) is -1.30. The summed E-state index contributed by atoms with van der Waals surface area (Å²) in [5.74, 6) is 0.342. The molecule has 0 spiro atoms. The standard InChI is InChI=1S/C13H22N4O3S/c1-10-12(14-11(18)6-9-21(3,19)20)13(15-16(10)2)17-7-4-5-8-17/h4-9H2,1-3H3,(H,14,18). The van der Waals surface area contributed by atoms with Crippen LogP contribution in [0.1, 0.15) is 25.0 Å². The molecule has 0 unspecified atom stereocenters. The maximum Gasteiger partial charge on any atom is 0.225 e. The molecule has 21 heavy (non-hydrogen) atoms. The van der Waals surface area contributed by atoms with E-state index in [2.05, 4.69) is 15.3 Å². The molecule has 8 heteroatoms. The second-order valence-corrected chi connectivity index (χ2v) is 7.79. The van der Waals surface area contributed by atoms with Crippen molar-refractivity contribution in [2.24, 2.45) is 7.05 Å². The molecule has 1 aromatic heterocycles. The molecule has 7 nitrogen and oxygen atoms in total. The van der Waals surface area contributed by atoms with Gasteiger partial charge in [0.25, 0.3) is 0 Å². The van der Waals surface area contributed by atoms with E-state index in [9.17, 15) is 13.2 Å². The minimum absolute atomic E-state index is 0.0351. The number of hydrogen-bond acceptors (Lipinski definition) is 5. The van der Waals surface area contributed by atoms with Crippen LogP contribution in [0.25, 0.3) is 0 Å². The largest absolute Gasteiger partial charge is 0.353 e. The van der Waals surface area contributed by atoms with Crippen LogP contribution in [0.2, 0.25) is 0 Å². The molecule has 1 N–H and O–H groups in total. The summed E-state index contributed by atoms with van der Waals surface area (Å²) in [5.41, 5.74) is 1.56. The smallest absolute Gasteiger partial charge is 0.225 e. The van der Waals surface area contributed by atoms with Gasteiger partial charge in [0, 0.05) is 32.8 Å². The predicted octanol–water partition coefficient (Wildman–Crippen LogP) is 0.702. The summed E-state index contributed by atoms with van der Waals surface area (Å²) >= 11 is 0. The number of rotatable bonds is 5. The maximum atomic E-state index is 12.0. The molecule has 1 saturated heterocycles. The third-order valence-electron chi connectivity index (χ3n) is 3.69. The number of carbonyl (C=O) groups excluding carboxylic acids is 1. The Balaban J connectivity index is 2.13. The molecule has 1 aliphatic rings. The Morgan fingerprint density at radius 1 is 1.33 bits per heavy atom. The van der Waals surface area contributed by atoms with Crippen LogP contribution in [-0.4, -0.2) is 49.2 Å². The summed E-state index contributed by atoms with van der Waals surface area (Å²) in [6, 6.07) is 0. The van der Waals surface area contributed by atoms with Gasteiger partial charge < -0.3 is 10.2 Å². The molecule has 118 valence electrons. The van der Waals surface area contributed by atoms with E-state index in [1.54, 1.807) is 4.68 Å². The lowest BCUT2D eigenvalue weighted by Gasteiger charge is -2.16. The van der Waals surface area contributed by atoms with E-state index in [1.807, 2.05) is 14.0 Å². The Morgan fingerprint density at radius 2 is 1.95 bits per heavy atom. The van der Waals surface area contributed by atoms with E-state index in [0.29, 0.717) is 5.69 Å². The molecule has 0 aromatic carbocycles. The van der Waals surface area contributed by atoms with Crippen LogP contribution < -0.4 is 10.2 Å². The summed E-state index contributed by atoms with van der Waals surface area (Å²) in [5, 5.41) is 7.28. The van der Waals surface area contributed by atoms with E-state index in [4.69, 9.17) is 0 Å². The van der Waals surface area contributed by atoms with E-state index in [1.165, 1.54) is 0 Å². The summed E-state index contributed by atoms with van der Waals surface area (Å²) in [4.78, 5) is 14.1. The van der Waals surface area contributed by atoms with Gasteiger partial charge >= 0.3 is 0 Å². The van der Waals surface area contributed by atoms with Crippen molar-refractivity contribution >= 4 is 27.2 Å². The van der Waals surface area contributed by atoms with Crippen LogP contribution in [0.4, 0.5) is 11.5 Å². The van der Waals surface area contributed by atoms with Crippen LogP contribution >= 0.6 is 0 Å².